The number of alkyl halides is 3. The van der Waals surface area contributed by atoms with Crippen LogP contribution in [-0.2, 0) is 19.3 Å². The molecule has 0 aliphatic carbocycles. The van der Waals surface area contributed by atoms with Crippen LogP contribution in [0.4, 0.5) is 24.5 Å². The number of nitro groups is 1. The zero-order valence-electron chi connectivity index (χ0n) is 12.3. The van der Waals surface area contributed by atoms with E-state index in [2.05, 4.69) is 10.2 Å². The van der Waals surface area contributed by atoms with E-state index in [-0.39, 0.29) is 36.2 Å². The van der Waals surface area contributed by atoms with Crippen LogP contribution < -0.4 is 4.90 Å². The van der Waals surface area contributed by atoms with Gasteiger partial charge in [-0.3, -0.25) is 10.1 Å². The minimum atomic E-state index is -4.56. The number of non-ortho nitro benzene ring substituents is 1. The minimum Gasteiger partial charge on any atom is -0.361 e. The van der Waals surface area contributed by atoms with Crippen molar-refractivity contribution in [3.05, 3.63) is 44.5 Å². The van der Waals surface area contributed by atoms with Crippen LogP contribution in [-0.4, -0.2) is 26.2 Å². The summed E-state index contributed by atoms with van der Waals surface area (Å²) in [5, 5.41) is 17.9. The summed E-state index contributed by atoms with van der Waals surface area (Å²) in [6, 6.07) is 2.60. The Morgan fingerprint density at radius 2 is 2.00 bits per heavy atom. The summed E-state index contributed by atoms with van der Waals surface area (Å²) >= 11 is 6.15. The number of nitrogens with zero attached hydrogens (tertiary/aromatic N) is 5. The molecular formula is C13H11ClF3N5O2. The lowest BCUT2D eigenvalue weighted by molar-refractivity contribution is -0.384. The average Bonchev–Trinajstić information content (AvgIpc) is 2.89. The summed E-state index contributed by atoms with van der Waals surface area (Å²) in [6.07, 6.45) is -4.56. The molecule has 0 N–H and O–H groups in total. The molecule has 0 unspecified atom stereocenters. The minimum absolute atomic E-state index is 0.0456. The van der Waals surface area contributed by atoms with E-state index >= 15 is 0 Å². The lowest BCUT2D eigenvalue weighted by Gasteiger charge is -2.31. The number of hydrogen-bond donors (Lipinski definition) is 0. The standard InChI is InChI=1S/C13H11ClF3N5O2/c1-7-4-8(22(23)24)5-9(14)11(7)20-2-3-21-10(6-20)18-19-12(21)13(15,16)17/h4-5H,2-3,6H2,1H3. The normalized spacial score (nSPS) is 14.6. The highest BCUT2D eigenvalue weighted by Crippen LogP contribution is 2.36. The van der Waals surface area contributed by atoms with E-state index < -0.39 is 16.9 Å². The number of fused-ring (bicyclic) bond motifs is 1. The molecule has 0 bridgehead atoms. The fourth-order valence-electron chi connectivity index (χ4n) is 2.78. The van der Waals surface area contributed by atoms with Crippen molar-refractivity contribution in [1.29, 1.82) is 0 Å². The van der Waals surface area contributed by atoms with Crippen LogP contribution in [0, 0.1) is 17.0 Å². The Morgan fingerprint density at radius 3 is 2.58 bits per heavy atom. The van der Waals surface area contributed by atoms with E-state index in [0.29, 0.717) is 11.3 Å². The molecule has 1 aliphatic rings. The predicted octanol–water partition coefficient (Wildman–Crippen LogP) is 3.19. The van der Waals surface area contributed by atoms with Crippen LogP contribution in [0.2, 0.25) is 5.02 Å². The topological polar surface area (TPSA) is 77.1 Å². The molecule has 0 radical (unpaired) electrons. The molecule has 1 aromatic heterocycles. The molecule has 2 heterocycles. The van der Waals surface area contributed by atoms with E-state index in [1.54, 1.807) is 11.8 Å². The van der Waals surface area contributed by atoms with Crippen molar-refractivity contribution in [2.24, 2.45) is 0 Å². The number of aryl methyl sites for hydroxylation is 1. The summed E-state index contributed by atoms with van der Waals surface area (Å²) < 4.78 is 39.6. The molecule has 0 atom stereocenters. The van der Waals surface area contributed by atoms with Crippen molar-refractivity contribution in [3.8, 4) is 0 Å². The Morgan fingerprint density at radius 1 is 1.29 bits per heavy atom. The largest absolute Gasteiger partial charge is 0.451 e. The monoisotopic (exact) mass is 361 g/mol. The van der Waals surface area contributed by atoms with Crippen LogP contribution in [0.15, 0.2) is 12.1 Å². The van der Waals surface area contributed by atoms with E-state index in [9.17, 15) is 23.3 Å². The van der Waals surface area contributed by atoms with Gasteiger partial charge in [0.05, 0.1) is 22.2 Å². The maximum absolute atomic E-state index is 12.9. The summed E-state index contributed by atoms with van der Waals surface area (Å²) in [5.74, 6) is -0.855. The number of halogens is 4. The quantitative estimate of drug-likeness (QED) is 0.606. The van der Waals surface area contributed by atoms with Crippen LogP contribution in [0.25, 0.3) is 0 Å². The highest BCUT2D eigenvalue weighted by molar-refractivity contribution is 6.33. The third kappa shape index (κ3) is 2.77. The molecule has 0 fully saturated rings. The van der Waals surface area contributed by atoms with Crippen molar-refractivity contribution in [2.75, 3.05) is 11.4 Å². The molecule has 0 saturated carbocycles. The van der Waals surface area contributed by atoms with E-state index in [1.807, 2.05) is 0 Å². The van der Waals surface area contributed by atoms with Crippen LogP contribution in [0.5, 0.6) is 0 Å². The van der Waals surface area contributed by atoms with Crippen LogP contribution in [0.1, 0.15) is 17.2 Å². The summed E-state index contributed by atoms with van der Waals surface area (Å²) in [7, 11) is 0. The molecule has 1 aromatic carbocycles. The molecule has 11 heteroatoms. The third-order valence-electron chi connectivity index (χ3n) is 3.77. The molecule has 24 heavy (non-hydrogen) atoms. The van der Waals surface area contributed by atoms with Crippen molar-refractivity contribution in [3.63, 3.8) is 0 Å². The van der Waals surface area contributed by atoms with Crippen LogP contribution >= 0.6 is 11.6 Å². The molecule has 0 spiro atoms. The lowest BCUT2D eigenvalue weighted by Crippen LogP contribution is -2.35. The summed E-state index contributed by atoms with van der Waals surface area (Å²) in [5.41, 5.74) is 0.976. The molecule has 0 amide bonds. The smallest absolute Gasteiger partial charge is 0.361 e. The lowest BCUT2D eigenvalue weighted by atomic mass is 10.1. The molecule has 1 aliphatic heterocycles. The number of rotatable bonds is 2. The van der Waals surface area contributed by atoms with Gasteiger partial charge in [0.2, 0.25) is 5.82 Å². The number of hydrogen-bond acceptors (Lipinski definition) is 5. The fraction of sp³-hybridized carbons (Fsp3) is 0.385. The van der Waals surface area contributed by atoms with E-state index in [4.69, 9.17) is 11.6 Å². The molecule has 2 aromatic rings. The Hall–Kier alpha value is -2.36. The zero-order valence-corrected chi connectivity index (χ0v) is 13.1. The Balaban J connectivity index is 1.94. The second-order valence-corrected chi connectivity index (χ2v) is 5.77. The molecule has 0 saturated heterocycles. The van der Waals surface area contributed by atoms with Gasteiger partial charge in [-0.05, 0) is 12.5 Å². The Kier molecular flexibility index (Phi) is 3.86. The van der Waals surface area contributed by atoms with E-state index in [0.717, 1.165) is 4.57 Å². The number of anilines is 1. The zero-order chi connectivity index (χ0) is 17.6. The van der Waals surface area contributed by atoms with Crippen LogP contribution in [0.3, 0.4) is 0 Å². The highest BCUT2D eigenvalue weighted by Gasteiger charge is 2.39. The first-order valence-electron chi connectivity index (χ1n) is 6.87. The SMILES string of the molecule is Cc1cc([N+](=O)[O-])cc(Cl)c1N1CCn2c(nnc2C(F)(F)F)C1. The Labute approximate surface area is 138 Å². The maximum Gasteiger partial charge on any atom is 0.451 e. The van der Waals surface area contributed by atoms with Crippen molar-refractivity contribution in [2.45, 2.75) is 26.2 Å². The first-order valence-corrected chi connectivity index (χ1v) is 7.25. The van der Waals surface area contributed by atoms with Gasteiger partial charge < -0.3 is 9.47 Å². The molecule has 7 nitrogen and oxygen atoms in total. The van der Waals surface area contributed by atoms with Gasteiger partial charge in [0, 0.05) is 25.2 Å². The second-order valence-electron chi connectivity index (χ2n) is 5.36. The third-order valence-corrected chi connectivity index (χ3v) is 4.06. The van der Waals surface area contributed by atoms with Crippen molar-refractivity contribution < 1.29 is 18.1 Å². The highest BCUT2D eigenvalue weighted by atomic mass is 35.5. The van der Waals surface area contributed by atoms with Gasteiger partial charge in [0.15, 0.2) is 5.82 Å². The van der Waals surface area contributed by atoms with Gasteiger partial charge in [-0.2, -0.15) is 13.2 Å². The molecule has 128 valence electrons. The molecular weight excluding hydrogens is 351 g/mol. The Bertz CT molecular complexity index is 797. The van der Waals surface area contributed by atoms with Gasteiger partial charge in [-0.1, -0.05) is 11.6 Å². The van der Waals surface area contributed by atoms with Gasteiger partial charge in [-0.15, -0.1) is 10.2 Å². The van der Waals surface area contributed by atoms with Gasteiger partial charge in [0.25, 0.3) is 5.69 Å². The predicted molar refractivity (Wildman–Crippen MR) is 78.9 cm³/mol. The van der Waals surface area contributed by atoms with Gasteiger partial charge in [-0.25, -0.2) is 0 Å². The van der Waals surface area contributed by atoms with E-state index in [1.165, 1.54) is 12.1 Å². The van der Waals surface area contributed by atoms with Gasteiger partial charge >= 0.3 is 6.18 Å². The maximum atomic E-state index is 12.9. The number of aromatic nitrogens is 3. The van der Waals surface area contributed by atoms with Crippen molar-refractivity contribution in [1.82, 2.24) is 14.8 Å². The summed E-state index contributed by atoms with van der Waals surface area (Å²) in [4.78, 5) is 12.0. The average molecular weight is 362 g/mol. The second kappa shape index (κ2) is 5.62. The fourth-order valence-corrected chi connectivity index (χ4v) is 3.16. The first kappa shape index (κ1) is 16.5. The number of benzene rings is 1. The summed E-state index contributed by atoms with van der Waals surface area (Å²) in [6.45, 7) is 2.05. The molecule has 3 rings (SSSR count). The van der Waals surface area contributed by atoms with Crippen molar-refractivity contribution >= 4 is 23.0 Å². The first-order chi connectivity index (χ1) is 11.2. The number of nitro benzene ring substituents is 1. The van der Waals surface area contributed by atoms with Gasteiger partial charge in [0.1, 0.15) is 0 Å².